The van der Waals surface area contributed by atoms with Crippen LogP contribution in [-0.4, -0.2) is 19.5 Å². The Balaban J connectivity index is 1.27. The molecule has 2 heterocycles. The summed E-state index contributed by atoms with van der Waals surface area (Å²) < 4.78 is 2.20. The molecule has 0 spiro atoms. The number of rotatable bonds is 4. The van der Waals surface area contributed by atoms with Crippen molar-refractivity contribution in [1.82, 2.24) is 19.5 Å². The predicted molar refractivity (Wildman–Crippen MR) is 203 cm³/mol. The Kier molecular flexibility index (Phi) is 6.15. The van der Waals surface area contributed by atoms with Gasteiger partial charge in [-0.05, 0) is 61.6 Å². The van der Waals surface area contributed by atoms with Crippen LogP contribution in [0.5, 0.6) is 0 Å². The number of aromatic nitrogens is 4. The van der Waals surface area contributed by atoms with Crippen LogP contribution >= 0.6 is 0 Å². The van der Waals surface area contributed by atoms with Crippen molar-refractivity contribution in [2.24, 2.45) is 0 Å². The largest absolute Gasteiger partial charge is 0.278 e. The van der Waals surface area contributed by atoms with Gasteiger partial charge in [0.2, 0.25) is 5.95 Å². The van der Waals surface area contributed by atoms with Crippen molar-refractivity contribution in [3.63, 3.8) is 0 Å². The Morgan fingerprint density at radius 1 is 0.327 bits per heavy atom. The fourth-order valence-corrected chi connectivity index (χ4v) is 7.37. The lowest BCUT2D eigenvalue weighted by Crippen LogP contribution is -2.06. The molecule has 0 unspecified atom stereocenters. The van der Waals surface area contributed by atoms with Crippen LogP contribution in [0.4, 0.5) is 0 Å². The molecular weight excluding hydrogens is 597 g/mol. The molecule has 0 bridgehead atoms. The van der Waals surface area contributed by atoms with Crippen molar-refractivity contribution < 1.29 is 0 Å². The van der Waals surface area contributed by atoms with E-state index in [4.69, 9.17) is 15.0 Å². The van der Waals surface area contributed by atoms with Gasteiger partial charge in [0, 0.05) is 21.9 Å². The molecule has 0 radical (unpaired) electrons. The summed E-state index contributed by atoms with van der Waals surface area (Å²) in [6.07, 6.45) is 0. The number of nitrogens with zero attached hydrogens (tertiary/aromatic N) is 4. The van der Waals surface area contributed by atoms with Crippen molar-refractivity contribution in [2.45, 2.75) is 0 Å². The predicted octanol–water partition coefficient (Wildman–Crippen LogP) is 11.4. The van der Waals surface area contributed by atoms with E-state index >= 15 is 0 Å². The lowest BCUT2D eigenvalue weighted by Gasteiger charge is -2.12. The number of hydrogen-bond donors (Lipinski definition) is 0. The van der Waals surface area contributed by atoms with Gasteiger partial charge in [-0.25, -0.2) is 4.98 Å². The summed E-state index contributed by atoms with van der Waals surface area (Å²) >= 11 is 0. The van der Waals surface area contributed by atoms with Gasteiger partial charge in [0.25, 0.3) is 0 Å². The highest BCUT2D eigenvalue weighted by molar-refractivity contribution is 6.29. The Hall–Kier alpha value is -6.65. The maximum absolute atomic E-state index is 5.22. The minimum Gasteiger partial charge on any atom is -0.278 e. The topological polar surface area (TPSA) is 43.6 Å². The second-order valence-corrected chi connectivity index (χ2v) is 12.5. The van der Waals surface area contributed by atoms with Gasteiger partial charge in [-0.2, -0.15) is 9.97 Å². The minimum atomic E-state index is 0.589. The van der Waals surface area contributed by atoms with E-state index in [1.807, 2.05) is 24.3 Å². The summed E-state index contributed by atoms with van der Waals surface area (Å²) in [4.78, 5) is 15.4. The summed E-state index contributed by atoms with van der Waals surface area (Å²) in [6.45, 7) is 0. The van der Waals surface area contributed by atoms with Crippen LogP contribution in [0.2, 0.25) is 0 Å². The zero-order valence-corrected chi connectivity index (χ0v) is 26.5. The normalized spacial score (nSPS) is 11.7. The molecule has 0 saturated carbocycles. The molecule has 0 fully saturated rings. The van der Waals surface area contributed by atoms with Crippen LogP contribution < -0.4 is 0 Å². The molecule has 49 heavy (non-hydrogen) atoms. The van der Waals surface area contributed by atoms with Gasteiger partial charge in [-0.15, -0.1) is 0 Å². The van der Waals surface area contributed by atoms with E-state index < -0.39 is 0 Å². The van der Waals surface area contributed by atoms with Crippen LogP contribution in [0.15, 0.2) is 170 Å². The van der Waals surface area contributed by atoms with Crippen molar-refractivity contribution in [3.8, 4) is 39.9 Å². The van der Waals surface area contributed by atoms with Crippen LogP contribution in [0.1, 0.15) is 0 Å². The van der Waals surface area contributed by atoms with Crippen molar-refractivity contribution >= 4 is 54.1 Å². The van der Waals surface area contributed by atoms with Gasteiger partial charge in [0.15, 0.2) is 11.6 Å². The second kappa shape index (κ2) is 11.0. The fraction of sp³-hybridized carbons (Fsp3) is 0. The summed E-state index contributed by atoms with van der Waals surface area (Å²) in [5, 5.41) is 9.83. The maximum atomic E-state index is 5.22. The monoisotopic (exact) mass is 624 g/mol. The Morgan fingerprint density at radius 3 is 1.76 bits per heavy atom. The molecule has 0 amide bonds. The third-order valence-corrected chi connectivity index (χ3v) is 9.62. The second-order valence-electron chi connectivity index (χ2n) is 12.5. The summed E-state index contributed by atoms with van der Waals surface area (Å²) in [5.41, 5.74) is 6.25. The molecule has 2 aromatic heterocycles. The summed E-state index contributed by atoms with van der Waals surface area (Å²) in [6, 6.07) is 59.8. The lowest BCUT2D eigenvalue weighted by molar-refractivity contribution is 0.953. The number of para-hydroxylation sites is 1. The van der Waals surface area contributed by atoms with E-state index in [-0.39, 0.29) is 0 Å². The molecule has 10 rings (SSSR count). The number of hydrogen-bond acceptors (Lipinski definition) is 3. The minimum absolute atomic E-state index is 0.589. The zero-order chi connectivity index (χ0) is 32.3. The van der Waals surface area contributed by atoms with Gasteiger partial charge in [0.1, 0.15) is 0 Å². The van der Waals surface area contributed by atoms with Gasteiger partial charge < -0.3 is 0 Å². The molecule has 4 nitrogen and oxygen atoms in total. The van der Waals surface area contributed by atoms with Crippen molar-refractivity contribution in [1.29, 1.82) is 0 Å². The molecule has 0 aliphatic carbocycles. The van der Waals surface area contributed by atoms with E-state index in [1.54, 1.807) is 0 Å². The van der Waals surface area contributed by atoms with E-state index in [0.717, 1.165) is 38.7 Å². The highest BCUT2D eigenvalue weighted by atomic mass is 15.2. The SMILES string of the molecule is c1ccc(-c2cccc(-c3nc(-c4ccccc4)nc(-n4c5ccccc5c5c6ccc7ccc8ccccc8c7c6ccc54)n3)c2)cc1. The first-order valence-electron chi connectivity index (χ1n) is 16.5. The average Bonchev–Trinajstić information content (AvgIpc) is 3.53. The highest BCUT2D eigenvalue weighted by Gasteiger charge is 2.20. The molecule has 4 heteroatoms. The Labute approximate surface area is 282 Å². The van der Waals surface area contributed by atoms with E-state index in [9.17, 15) is 0 Å². The van der Waals surface area contributed by atoms with Crippen molar-refractivity contribution in [2.75, 3.05) is 0 Å². The van der Waals surface area contributed by atoms with E-state index in [1.165, 1.54) is 37.7 Å². The molecule has 8 aromatic carbocycles. The van der Waals surface area contributed by atoms with Crippen molar-refractivity contribution in [3.05, 3.63) is 170 Å². The van der Waals surface area contributed by atoms with Gasteiger partial charge in [-0.1, -0.05) is 152 Å². The molecule has 0 atom stereocenters. The van der Waals surface area contributed by atoms with Crippen LogP contribution in [0.25, 0.3) is 94.0 Å². The fourth-order valence-electron chi connectivity index (χ4n) is 7.37. The zero-order valence-electron chi connectivity index (χ0n) is 26.5. The Morgan fingerprint density at radius 2 is 0.918 bits per heavy atom. The molecule has 10 aromatic rings. The van der Waals surface area contributed by atoms with Gasteiger partial charge >= 0.3 is 0 Å². The molecule has 0 aliphatic rings. The summed E-state index contributed by atoms with van der Waals surface area (Å²) in [5.74, 6) is 1.85. The van der Waals surface area contributed by atoms with Crippen LogP contribution in [0, 0.1) is 0 Å². The molecule has 0 N–H and O–H groups in total. The third-order valence-electron chi connectivity index (χ3n) is 9.62. The summed E-state index contributed by atoms with van der Waals surface area (Å²) in [7, 11) is 0. The van der Waals surface area contributed by atoms with Crippen LogP contribution in [0.3, 0.4) is 0 Å². The Bertz CT molecular complexity index is 2870. The molecule has 0 aliphatic heterocycles. The standard InChI is InChI=1S/C45H28N4/c1-3-12-29(13-4-1)33-17-11-18-34(28-33)44-46-43(32-15-5-2-6-16-32)47-45(48-44)49-39-21-10-9-20-38(39)42-37-25-24-31-23-22-30-14-7-8-19-35(30)41(31)36(37)26-27-40(42)49/h1-28H. The van der Waals surface area contributed by atoms with E-state index in [0.29, 0.717) is 17.6 Å². The number of fused-ring (bicyclic) bond motifs is 9. The van der Waals surface area contributed by atoms with Gasteiger partial charge in [0.05, 0.1) is 11.0 Å². The highest BCUT2D eigenvalue weighted by Crippen LogP contribution is 2.40. The average molecular weight is 625 g/mol. The molecule has 228 valence electrons. The lowest BCUT2D eigenvalue weighted by atomic mass is 9.94. The van der Waals surface area contributed by atoms with E-state index in [2.05, 4.69) is 150 Å². The number of benzene rings is 8. The quantitative estimate of drug-likeness (QED) is 0.183. The van der Waals surface area contributed by atoms with Crippen LogP contribution in [-0.2, 0) is 0 Å². The third kappa shape index (κ3) is 4.42. The molecular formula is C45H28N4. The van der Waals surface area contributed by atoms with Gasteiger partial charge in [-0.3, -0.25) is 4.57 Å². The first-order chi connectivity index (χ1) is 24.3. The first-order valence-corrected chi connectivity index (χ1v) is 16.5. The maximum Gasteiger partial charge on any atom is 0.238 e. The first kappa shape index (κ1) is 27.5. The smallest absolute Gasteiger partial charge is 0.238 e. The molecule has 0 saturated heterocycles.